The van der Waals surface area contributed by atoms with Gasteiger partial charge in [-0.1, -0.05) is 37.3 Å². The predicted molar refractivity (Wildman–Crippen MR) is 102 cm³/mol. The summed E-state index contributed by atoms with van der Waals surface area (Å²) in [5.41, 5.74) is 0.961. The maximum absolute atomic E-state index is 12.2. The molecular weight excluding hydrogens is 364 g/mol. The van der Waals surface area contributed by atoms with Crippen LogP contribution >= 0.6 is 0 Å². The molecule has 3 atom stereocenters. The molecule has 8 heteroatoms. The van der Waals surface area contributed by atoms with E-state index in [1.807, 2.05) is 37.3 Å². The Morgan fingerprint density at radius 3 is 2.00 bits per heavy atom. The molecule has 8 nitrogen and oxygen atoms in total. The maximum Gasteiger partial charge on any atom is 0.328 e. The van der Waals surface area contributed by atoms with E-state index in [1.165, 1.54) is 14.2 Å². The molecule has 0 aliphatic heterocycles. The highest BCUT2D eigenvalue weighted by Crippen LogP contribution is 2.13. The Morgan fingerprint density at radius 1 is 0.893 bits per heavy atom. The Kier molecular flexibility index (Phi) is 9.70. The van der Waals surface area contributed by atoms with Gasteiger partial charge in [0.2, 0.25) is 11.8 Å². The summed E-state index contributed by atoms with van der Waals surface area (Å²) in [7, 11) is 2.45. The molecule has 0 aromatic heterocycles. The molecule has 0 radical (unpaired) electrons. The van der Waals surface area contributed by atoms with Crippen LogP contribution in [0.2, 0.25) is 0 Å². The van der Waals surface area contributed by atoms with Crippen molar-refractivity contribution in [2.24, 2.45) is 5.92 Å². The number of hydrogen-bond donors (Lipinski definition) is 2. The van der Waals surface area contributed by atoms with Gasteiger partial charge in [0, 0.05) is 12.8 Å². The molecule has 0 saturated heterocycles. The molecule has 2 N–H and O–H groups in total. The van der Waals surface area contributed by atoms with Crippen molar-refractivity contribution in [3.05, 3.63) is 35.9 Å². The minimum absolute atomic E-state index is 0.0255. The van der Waals surface area contributed by atoms with Crippen molar-refractivity contribution < 1.29 is 28.7 Å². The van der Waals surface area contributed by atoms with E-state index in [2.05, 4.69) is 15.4 Å². The van der Waals surface area contributed by atoms with Gasteiger partial charge < -0.3 is 20.1 Å². The Balaban J connectivity index is 2.54. The van der Waals surface area contributed by atoms with Gasteiger partial charge in [0.1, 0.15) is 6.04 Å². The molecule has 0 bridgehead atoms. The van der Waals surface area contributed by atoms with E-state index in [-0.39, 0.29) is 31.2 Å². The van der Waals surface area contributed by atoms with Crippen LogP contribution in [-0.4, -0.2) is 44.0 Å². The van der Waals surface area contributed by atoms with E-state index in [0.29, 0.717) is 0 Å². The molecule has 1 aromatic carbocycles. The van der Waals surface area contributed by atoms with Gasteiger partial charge in [0.15, 0.2) is 0 Å². The van der Waals surface area contributed by atoms with Gasteiger partial charge >= 0.3 is 11.9 Å². The van der Waals surface area contributed by atoms with Gasteiger partial charge in [0.05, 0.1) is 26.7 Å². The lowest BCUT2D eigenvalue weighted by Gasteiger charge is -2.22. The number of benzene rings is 1. The molecule has 0 aliphatic rings. The molecule has 0 heterocycles. The average Bonchev–Trinajstić information content (AvgIpc) is 2.70. The van der Waals surface area contributed by atoms with Gasteiger partial charge in [-0.15, -0.1) is 0 Å². The number of nitrogens with one attached hydrogen (secondary N) is 2. The third-order valence-corrected chi connectivity index (χ3v) is 4.31. The lowest BCUT2D eigenvalue weighted by molar-refractivity contribution is -0.148. The smallest absolute Gasteiger partial charge is 0.328 e. The lowest BCUT2D eigenvalue weighted by atomic mass is 9.98. The van der Waals surface area contributed by atoms with Gasteiger partial charge in [-0.05, 0) is 18.4 Å². The Hall–Kier alpha value is -2.90. The molecule has 1 rings (SSSR count). The molecule has 2 amide bonds. The van der Waals surface area contributed by atoms with Crippen LogP contribution in [0.5, 0.6) is 0 Å². The average molecular weight is 392 g/mol. The summed E-state index contributed by atoms with van der Waals surface area (Å²) in [4.78, 5) is 47.6. The van der Waals surface area contributed by atoms with Crippen LogP contribution in [0.3, 0.4) is 0 Å². The fraction of sp³-hybridized carbons (Fsp3) is 0.500. The normalized spacial score (nSPS) is 13.6. The largest absolute Gasteiger partial charge is 0.469 e. The van der Waals surface area contributed by atoms with E-state index < -0.39 is 29.8 Å². The summed E-state index contributed by atoms with van der Waals surface area (Å²) in [5, 5.41) is 5.36. The van der Waals surface area contributed by atoms with E-state index >= 15 is 0 Å². The number of hydrogen-bond acceptors (Lipinski definition) is 6. The molecule has 0 fully saturated rings. The molecular formula is C20H28N2O6. The number of esters is 2. The zero-order chi connectivity index (χ0) is 21.1. The van der Waals surface area contributed by atoms with Gasteiger partial charge in [0.25, 0.3) is 0 Å². The predicted octanol–water partition coefficient (Wildman–Crippen LogP) is 1.50. The van der Waals surface area contributed by atoms with Crippen LogP contribution in [0.15, 0.2) is 30.3 Å². The second-order valence-electron chi connectivity index (χ2n) is 6.53. The van der Waals surface area contributed by atoms with Crippen molar-refractivity contribution in [3.63, 3.8) is 0 Å². The summed E-state index contributed by atoms with van der Waals surface area (Å²) in [6, 6.07) is 8.29. The lowest BCUT2D eigenvalue weighted by Crippen LogP contribution is -2.46. The van der Waals surface area contributed by atoms with E-state index in [1.54, 1.807) is 6.92 Å². The van der Waals surface area contributed by atoms with Crippen molar-refractivity contribution in [2.45, 2.75) is 45.2 Å². The van der Waals surface area contributed by atoms with E-state index in [0.717, 1.165) is 5.56 Å². The summed E-state index contributed by atoms with van der Waals surface area (Å²) >= 11 is 0. The third kappa shape index (κ3) is 7.77. The third-order valence-electron chi connectivity index (χ3n) is 4.31. The summed E-state index contributed by atoms with van der Waals surface area (Å²) in [5.74, 6) is -2.43. The highest BCUT2D eigenvalue weighted by atomic mass is 16.5. The fourth-order valence-corrected chi connectivity index (χ4v) is 2.64. The maximum atomic E-state index is 12.2. The number of rotatable bonds is 10. The van der Waals surface area contributed by atoms with Crippen LogP contribution in [0.25, 0.3) is 0 Å². The fourth-order valence-electron chi connectivity index (χ4n) is 2.64. The van der Waals surface area contributed by atoms with Gasteiger partial charge in [-0.2, -0.15) is 0 Å². The molecule has 1 aromatic rings. The number of carbonyl (C=O) groups is 4. The number of ether oxygens (including phenoxy) is 2. The number of methoxy groups -OCH3 is 2. The second kappa shape index (κ2) is 11.7. The summed E-state index contributed by atoms with van der Waals surface area (Å²) in [6.07, 6.45) is -0.167. The van der Waals surface area contributed by atoms with Crippen LogP contribution in [0.1, 0.15) is 44.7 Å². The molecule has 0 unspecified atom stereocenters. The summed E-state index contributed by atoms with van der Waals surface area (Å²) in [6.45, 7) is 3.49. The zero-order valence-electron chi connectivity index (χ0n) is 16.7. The molecule has 28 heavy (non-hydrogen) atoms. The Labute approximate surface area is 165 Å². The quantitative estimate of drug-likeness (QED) is 0.584. The first-order chi connectivity index (χ1) is 13.3. The molecule has 0 saturated carbocycles. The van der Waals surface area contributed by atoms with Crippen LogP contribution < -0.4 is 10.6 Å². The highest BCUT2D eigenvalue weighted by Gasteiger charge is 2.29. The number of carbonyl (C=O) groups excluding carboxylic acids is 4. The van der Waals surface area contributed by atoms with Crippen molar-refractivity contribution >= 4 is 23.8 Å². The zero-order valence-corrected chi connectivity index (χ0v) is 16.7. The number of amides is 2. The van der Waals surface area contributed by atoms with Crippen LogP contribution in [-0.2, 0) is 28.7 Å². The van der Waals surface area contributed by atoms with E-state index in [4.69, 9.17) is 4.74 Å². The van der Waals surface area contributed by atoms with Crippen molar-refractivity contribution in [2.75, 3.05) is 14.2 Å². The van der Waals surface area contributed by atoms with Gasteiger partial charge in [-0.3, -0.25) is 14.4 Å². The van der Waals surface area contributed by atoms with Crippen LogP contribution in [0.4, 0.5) is 0 Å². The molecule has 0 aliphatic carbocycles. The minimum Gasteiger partial charge on any atom is -0.469 e. The van der Waals surface area contributed by atoms with Crippen molar-refractivity contribution in [3.8, 4) is 0 Å². The first kappa shape index (κ1) is 23.1. The topological polar surface area (TPSA) is 111 Å². The second-order valence-corrected chi connectivity index (χ2v) is 6.53. The minimum atomic E-state index is -0.997. The molecule has 0 spiro atoms. The van der Waals surface area contributed by atoms with Gasteiger partial charge in [-0.25, -0.2) is 4.79 Å². The first-order valence-corrected chi connectivity index (χ1v) is 9.06. The highest BCUT2D eigenvalue weighted by molar-refractivity contribution is 5.88. The standard InChI is InChI=1S/C20H28N2O6/c1-13(12-18(25)27-3)19(20(26)28-4)22-17(24)11-10-16(23)21-14(2)15-8-6-5-7-9-15/h5-9,13-14,19H,10-12H2,1-4H3,(H,21,23)(H,22,24)/t13-,14+,19+/m0/s1. The van der Waals surface area contributed by atoms with Crippen molar-refractivity contribution in [1.82, 2.24) is 10.6 Å². The Bertz CT molecular complexity index is 677. The van der Waals surface area contributed by atoms with Crippen LogP contribution in [0, 0.1) is 5.92 Å². The summed E-state index contributed by atoms with van der Waals surface area (Å²) < 4.78 is 9.28. The van der Waals surface area contributed by atoms with Crippen molar-refractivity contribution in [1.29, 1.82) is 0 Å². The Morgan fingerprint density at radius 2 is 1.46 bits per heavy atom. The first-order valence-electron chi connectivity index (χ1n) is 9.06. The molecule has 154 valence electrons. The SMILES string of the molecule is COC(=O)C[C@H](C)[C@@H](NC(=O)CCC(=O)N[C@H](C)c1ccccc1)C(=O)OC. The van der Waals surface area contributed by atoms with E-state index in [9.17, 15) is 19.2 Å². The monoisotopic (exact) mass is 392 g/mol.